The normalized spacial score (nSPS) is 15.0. The number of nitrogens with zero attached hydrogens (tertiary/aromatic N) is 2. The number of hydrogen-bond donors (Lipinski definition) is 1. The minimum atomic E-state index is 0.0303. The molecule has 1 fully saturated rings. The average molecular weight is 370 g/mol. The van der Waals surface area contributed by atoms with Crippen LogP contribution >= 0.6 is 15.9 Å². The molecule has 0 bridgehead atoms. The quantitative estimate of drug-likeness (QED) is 0.811. The first-order chi connectivity index (χ1) is 10.6. The first-order valence-electron chi connectivity index (χ1n) is 7.64. The summed E-state index contributed by atoms with van der Waals surface area (Å²) in [7, 11) is 1.67. The van der Waals surface area contributed by atoms with E-state index < -0.39 is 0 Å². The Morgan fingerprint density at radius 3 is 2.68 bits per heavy atom. The van der Waals surface area contributed by atoms with E-state index in [1.165, 1.54) is 11.3 Å². The highest BCUT2D eigenvalue weighted by molar-refractivity contribution is 9.10. The number of methoxy groups -OCH3 is 1. The number of benzene rings is 1. The molecule has 2 amide bonds. The first kappa shape index (κ1) is 17.1. The Morgan fingerprint density at radius 2 is 2.05 bits per heavy atom. The van der Waals surface area contributed by atoms with Gasteiger partial charge in [-0.05, 0) is 37.1 Å². The summed E-state index contributed by atoms with van der Waals surface area (Å²) >= 11 is 3.53. The third-order valence-electron chi connectivity index (χ3n) is 3.88. The average Bonchev–Trinajstić information content (AvgIpc) is 2.54. The van der Waals surface area contributed by atoms with E-state index in [9.17, 15) is 4.79 Å². The molecule has 0 atom stereocenters. The molecule has 22 heavy (non-hydrogen) atoms. The molecule has 6 heteroatoms. The van der Waals surface area contributed by atoms with Crippen molar-refractivity contribution in [3.63, 3.8) is 0 Å². The molecule has 1 aromatic carbocycles. The van der Waals surface area contributed by atoms with E-state index in [1.807, 2.05) is 4.90 Å². The van der Waals surface area contributed by atoms with Crippen molar-refractivity contribution >= 4 is 27.6 Å². The van der Waals surface area contributed by atoms with E-state index in [1.54, 1.807) is 7.11 Å². The number of halogens is 1. The number of amides is 2. The molecule has 1 aromatic rings. The molecule has 1 aliphatic heterocycles. The highest BCUT2D eigenvalue weighted by atomic mass is 79.9. The van der Waals surface area contributed by atoms with Gasteiger partial charge in [0.05, 0.1) is 0 Å². The fraction of sp³-hybridized carbons (Fsp3) is 0.562. The maximum atomic E-state index is 12.1. The van der Waals surface area contributed by atoms with Gasteiger partial charge in [0.25, 0.3) is 0 Å². The number of carbonyl (C=O) groups excluding carboxylic acids is 1. The molecular weight excluding hydrogens is 346 g/mol. The van der Waals surface area contributed by atoms with Crippen molar-refractivity contribution in [3.8, 4) is 0 Å². The third kappa shape index (κ3) is 4.61. The van der Waals surface area contributed by atoms with E-state index >= 15 is 0 Å². The molecular formula is C16H24BrN3O2. The fourth-order valence-corrected chi connectivity index (χ4v) is 2.76. The van der Waals surface area contributed by atoms with Crippen LogP contribution < -0.4 is 10.2 Å². The van der Waals surface area contributed by atoms with Crippen molar-refractivity contribution in [3.05, 3.63) is 28.2 Å². The number of anilines is 1. The lowest BCUT2D eigenvalue weighted by Crippen LogP contribution is -2.52. The molecule has 1 N–H and O–H groups in total. The lowest BCUT2D eigenvalue weighted by molar-refractivity contribution is 0.183. The summed E-state index contributed by atoms with van der Waals surface area (Å²) in [5, 5.41) is 2.94. The summed E-state index contributed by atoms with van der Waals surface area (Å²) in [6.07, 6.45) is 0.848. The molecule has 1 heterocycles. The Morgan fingerprint density at radius 1 is 1.32 bits per heavy atom. The smallest absolute Gasteiger partial charge is 0.317 e. The van der Waals surface area contributed by atoms with Crippen molar-refractivity contribution in [1.82, 2.24) is 10.2 Å². The Kier molecular flexibility index (Phi) is 6.51. The molecule has 0 aliphatic carbocycles. The number of urea groups is 1. The van der Waals surface area contributed by atoms with Crippen LogP contribution in [0.15, 0.2) is 22.7 Å². The van der Waals surface area contributed by atoms with Gasteiger partial charge in [0.2, 0.25) is 0 Å². The monoisotopic (exact) mass is 369 g/mol. The molecule has 0 spiro atoms. The molecule has 0 radical (unpaired) electrons. The molecule has 2 rings (SSSR count). The summed E-state index contributed by atoms with van der Waals surface area (Å²) in [6, 6.07) is 6.42. The third-order valence-corrected chi connectivity index (χ3v) is 4.76. The van der Waals surface area contributed by atoms with Crippen LogP contribution in [0.2, 0.25) is 0 Å². The van der Waals surface area contributed by atoms with Crippen LogP contribution in [-0.2, 0) is 4.74 Å². The van der Waals surface area contributed by atoms with Gasteiger partial charge in [0, 0.05) is 56.6 Å². The number of hydrogen-bond acceptors (Lipinski definition) is 3. The standard InChI is InChI=1S/C16H24BrN3O2/c1-13-12-14(4-5-15(13)17)19-7-9-20(10-8-19)16(21)18-6-3-11-22-2/h4-5,12H,3,6-11H2,1-2H3,(H,18,21). The van der Waals surface area contributed by atoms with Gasteiger partial charge in [0.1, 0.15) is 0 Å². The van der Waals surface area contributed by atoms with Crippen LogP contribution in [0.3, 0.4) is 0 Å². The highest BCUT2D eigenvalue weighted by Gasteiger charge is 2.21. The van der Waals surface area contributed by atoms with Crippen LogP contribution in [0.4, 0.5) is 10.5 Å². The Balaban J connectivity index is 1.79. The van der Waals surface area contributed by atoms with Gasteiger partial charge in [-0.2, -0.15) is 0 Å². The summed E-state index contributed by atoms with van der Waals surface area (Å²) in [5.41, 5.74) is 2.46. The highest BCUT2D eigenvalue weighted by Crippen LogP contribution is 2.23. The Hall–Kier alpha value is -1.27. The van der Waals surface area contributed by atoms with Gasteiger partial charge >= 0.3 is 6.03 Å². The van der Waals surface area contributed by atoms with E-state index in [0.717, 1.165) is 37.1 Å². The number of piperazine rings is 1. The second-order valence-electron chi connectivity index (χ2n) is 5.49. The summed E-state index contributed by atoms with van der Waals surface area (Å²) in [6.45, 7) is 6.68. The molecule has 0 unspecified atom stereocenters. The second-order valence-corrected chi connectivity index (χ2v) is 6.34. The zero-order chi connectivity index (χ0) is 15.9. The molecule has 0 aromatic heterocycles. The van der Waals surface area contributed by atoms with E-state index in [-0.39, 0.29) is 6.03 Å². The molecule has 122 valence electrons. The zero-order valence-corrected chi connectivity index (χ0v) is 14.9. The number of aryl methyl sites for hydroxylation is 1. The number of ether oxygens (including phenoxy) is 1. The van der Waals surface area contributed by atoms with Crippen molar-refractivity contribution < 1.29 is 9.53 Å². The van der Waals surface area contributed by atoms with Crippen LogP contribution in [0, 0.1) is 6.92 Å². The van der Waals surface area contributed by atoms with Crippen LogP contribution in [0.1, 0.15) is 12.0 Å². The van der Waals surface area contributed by atoms with Gasteiger partial charge in [0.15, 0.2) is 0 Å². The van der Waals surface area contributed by atoms with Gasteiger partial charge in [-0.3, -0.25) is 0 Å². The Labute approximate surface area is 140 Å². The van der Waals surface area contributed by atoms with E-state index in [2.05, 4.69) is 51.3 Å². The topological polar surface area (TPSA) is 44.8 Å². The predicted molar refractivity (Wildman–Crippen MR) is 92.6 cm³/mol. The number of nitrogens with one attached hydrogen (secondary N) is 1. The molecule has 1 aliphatic rings. The first-order valence-corrected chi connectivity index (χ1v) is 8.44. The van der Waals surface area contributed by atoms with Gasteiger partial charge in [-0.25, -0.2) is 4.79 Å². The summed E-state index contributed by atoms with van der Waals surface area (Å²) in [5.74, 6) is 0. The number of rotatable bonds is 5. The van der Waals surface area contributed by atoms with Crippen molar-refractivity contribution in [1.29, 1.82) is 0 Å². The Bertz CT molecular complexity index is 502. The van der Waals surface area contributed by atoms with E-state index in [4.69, 9.17) is 4.74 Å². The van der Waals surface area contributed by atoms with Crippen molar-refractivity contribution in [2.24, 2.45) is 0 Å². The minimum Gasteiger partial charge on any atom is -0.385 e. The molecule has 1 saturated heterocycles. The maximum absolute atomic E-state index is 12.1. The predicted octanol–water partition coefficient (Wildman–Crippen LogP) is 2.63. The van der Waals surface area contributed by atoms with Crippen LogP contribution in [0.25, 0.3) is 0 Å². The van der Waals surface area contributed by atoms with Gasteiger partial charge in [-0.15, -0.1) is 0 Å². The SMILES string of the molecule is COCCCNC(=O)N1CCN(c2ccc(Br)c(C)c2)CC1. The molecule has 0 saturated carbocycles. The maximum Gasteiger partial charge on any atom is 0.317 e. The zero-order valence-electron chi connectivity index (χ0n) is 13.3. The largest absolute Gasteiger partial charge is 0.385 e. The second kappa shape index (κ2) is 8.39. The van der Waals surface area contributed by atoms with Crippen molar-refractivity contribution in [2.45, 2.75) is 13.3 Å². The lowest BCUT2D eigenvalue weighted by Gasteiger charge is -2.36. The fourth-order valence-electron chi connectivity index (χ4n) is 2.52. The lowest BCUT2D eigenvalue weighted by atomic mass is 10.2. The molecule has 5 nitrogen and oxygen atoms in total. The van der Waals surface area contributed by atoms with Crippen LogP contribution in [-0.4, -0.2) is 57.4 Å². The van der Waals surface area contributed by atoms with Crippen molar-refractivity contribution in [2.75, 3.05) is 51.3 Å². The van der Waals surface area contributed by atoms with Gasteiger partial charge < -0.3 is 19.9 Å². The van der Waals surface area contributed by atoms with Crippen LogP contribution in [0.5, 0.6) is 0 Å². The minimum absolute atomic E-state index is 0.0303. The van der Waals surface area contributed by atoms with E-state index in [0.29, 0.717) is 13.2 Å². The summed E-state index contributed by atoms with van der Waals surface area (Å²) in [4.78, 5) is 16.3. The summed E-state index contributed by atoms with van der Waals surface area (Å²) < 4.78 is 6.11. The van der Waals surface area contributed by atoms with Gasteiger partial charge in [-0.1, -0.05) is 15.9 Å². The number of carbonyl (C=O) groups is 1.